The van der Waals surface area contributed by atoms with E-state index >= 15 is 0 Å². The zero-order valence-corrected chi connectivity index (χ0v) is 46.8. The number of esters is 3. The highest BCUT2D eigenvalue weighted by atomic mass is 16.6. The van der Waals surface area contributed by atoms with E-state index in [9.17, 15) is 14.4 Å². The third-order valence-electron chi connectivity index (χ3n) is 13.6. The molecule has 0 rings (SSSR count). The van der Waals surface area contributed by atoms with Crippen LogP contribution in [0.1, 0.15) is 323 Å². The van der Waals surface area contributed by atoms with Gasteiger partial charge in [0.25, 0.3) is 0 Å². The summed E-state index contributed by atoms with van der Waals surface area (Å²) in [4.78, 5) is 38.2. The van der Waals surface area contributed by atoms with E-state index in [2.05, 4.69) is 69.4 Å². The number of hydrogen-bond donors (Lipinski definition) is 0. The second kappa shape index (κ2) is 58.9. The molecule has 0 aromatic carbocycles. The van der Waals surface area contributed by atoms with Crippen LogP contribution in [0.15, 0.2) is 48.6 Å². The van der Waals surface area contributed by atoms with Crippen molar-refractivity contribution >= 4 is 17.9 Å². The second-order valence-corrected chi connectivity index (χ2v) is 20.6. The summed E-state index contributed by atoms with van der Waals surface area (Å²) in [6, 6.07) is 0. The van der Waals surface area contributed by atoms with Crippen molar-refractivity contribution in [3.05, 3.63) is 48.6 Å². The molecule has 0 amide bonds. The zero-order valence-electron chi connectivity index (χ0n) is 46.8. The van der Waals surface area contributed by atoms with E-state index in [4.69, 9.17) is 14.2 Å². The number of unbranched alkanes of at least 4 members (excludes halogenated alkanes) is 37. The van der Waals surface area contributed by atoms with Crippen molar-refractivity contribution in [1.29, 1.82) is 0 Å². The maximum absolute atomic E-state index is 12.9. The van der Waals surface area contributed by atoms with Crippen molar-refractivity contribution in [1.82, 2.24) is 0 Å². The molecular formula is C64H116O6. The van der Waals surface area contributed by atoms with Crippen LogP contribution in [-0.4, -0.2) is 37.2 Å². The summed E-state index contributed by atoms with van der Waals surface area (Å²) in [5.41, 5.74) is 0. The third-order valence-corrected chi connectivity index (χ3v) is 13.6. The molecule has 408 valence electrons. The molecular weight excluding hydrogens is 865 g/mol. The van der Waals surface area contributed by atoms with Crippen LogP contribution in [0.25, 0.3) is 0 Å². The first-order valence-electron chi connectivity index (χ1n) is 30.6. The monoisotopic (exact) mass is 981 g/mol. The summed E-state index contributed by atoms with van der Waals surface area (Å²) in [5, 5.41) is 0. The van der Waals surface area contributed by atoms with E-state index in [0.717, 1.165) is 103 Å². The van der Waals surface area contributed by atoms with Gasteiger partial charge in [0.05, 0.1) is 0 Å². The lowest BCUT2D eigenvalue weighted by Gasteiger charge is -2.18. The number of ether oxygens (including phenoxy) is 3. The molecule has 0 saturated carbocycles. The Kier molecular flexibility index (Phi) is 56.7. The van der Waals surface area contributed by atoms with Crippen LogP contribution < -0.4 is 0 Å². The van der Waals surface area contributed by atoms with Gasteiger partial charge in [-0.25, -0.2) is 0 Å². The Balaban J connectivity index is 4.31. The molecule has 0 bridgehead atoms. The quantitative estimate of drug-likeness (QED) is 0.0261. The summed E-state index contributed by atoms with van der Waals surface area (Å²) in [6.45, 7) is 6.55. The maximum atomic E-state index is 12.9. The molecule has 0 spiro atoms. The molecule has 0 aromatic rings. The average Bonchev–Trinajstić information content (AvgIpc) is 3.36. The van der Waals surface area contributed by atoms with E-state index in [1.807, 2.05) is 0 Å². The molecule has 0 saturated heterocycles. The van der Waals surface area contributed by atoms with E-state index in [-0.39, 0.29) is 31.1 Å². The number of carbonyl (C=O) groups is 3. The van der Waals surface area contributed by atoms with Crippen molar-refractivity contribution in [3.8, 4) is 0 Å². The standard InChI is InChI=1S/C64H116O6/c1-4-7-10-13-16-19-22-25-28-29-30-31-32-33-34-37-39-42-45-48-51-54-57-63(66)69-60-61(70-64(67)58-55-52-49-46-43-40-36-27-24-21-18-15-12-9-6-3)59-68-62(65)56-53-50-47-44-41-38-35-26-23-20-17-14-11-8-5-2/h9,12,18,21,26-27,35-36,61H,4-8,10-11,13-17,19-20,22-25,28-34,37-60H2,1-3H3/b12-9-,21-18-,35-26-,36-27-. The maximum Gasteiger partial charge on any atom is 0.306 e. The van der Waals surface area contributed by atoms with Crippen LogP contribution in [0.2, 0.25) is 0 Å². The van der Waals surface area contributed by atoms with Crippen molar-refractivity contribution < 1.29 is 28.6 Å². The first-order chi connectivity index (χ1) is 34.5. The van der Waals surface area contributed by atoms with Crippen LogP contribution in [0.5, 0.6) is 0 Å². The normalized spacial score (nSPS) is 12.3. The lowest BCUT2D eigenvalue weighted by atomic mass is 10.0. The van der Waals surface area contributed by atoms with Crippen molar-refractivity contribution in [2.75, 3.05) is 13.2 Å². The molecule has 70 heavy (non-hydrogen) atoms. The van der Waals surface area contributed by atoms with Crippen LogP contribution in [0.3, 0.4) is 0 Å². The third kappa shape index (κ3) is 56.3. The van der Waals surface area contributed by atoms with Gasteiger partial charge in [0.1, 0.15) is 13.2 Å². The van der Waals surface area contributed by atoms with E-state index in [1.165, 1.54) is 180 Å². The fourth-order valence-corrected chi connectivity index (χ4v) is 8.98. The molecule has 0 N–H and O–H groups in total. The molecule has 6 heteroatoms. The number of hydrogen-bond acceptors (Lipinski definition) is 6. The predicted octanol–water partition coefficient (Wildman–Crippen LogP) is 20.6. The number of carbonyl (C=O) groups excluding carboxylic acids is 3. The van der Waals surface area contributed by atoms with E-state index in [1.54, 1.807) is 0 Å². The minimum atomic E-state index is -0.784. The molecule has 0 aromatic heterocycles. The molecule has 0 radical (unpaired) electrons. The fourth-order valence-electron chi connectivity index (χ4n) is 8.98. The van der Waals surface area contributed by atoms with Crippen LogP contribution in [0.4, 0.5) is 0 Å². The predicted molar refractivity (Wildman–Crippen MR) is 302 cm³/mol. The average molecular weight is 982 g/mol. The Hall–Kier alpha value is -2.63. The molecule has 0 fully saturated rings. The Morgan fingerprint density at radius 1 is 0.300 bits per heavy atom. The van der Waals surface area contributed by atoms with Gasteiger partial charge in [-0.3, -0.25) is 14.4 Å². The lowest BCUT2D eigenvalue weighted by molar-refractivity contribution is -0.167. The molecule has 1 unspecified atom stereocenters. The second-order valence-electron chi connectivity index (χ2n) is 20.6. The Morgan fingerprint density at radius 3 is 0.886 bits per heavy atom. The van der Waals surface area contributed by atoms with E-state index in [0.29, 0.717) is 19.3 Å². The molecule has 0 aliphatic carbocycles. The van der Waals surface area contributed by atoms with Crippen molar-refractivity contribution in [2.24, 2.45) is 0 Å². The summed E-state index contributed by atoms with van der Waals surface area (Å²) in [5.74, 6) is -0.888. The Labute approximate surface area is 435 Å². The Morgan fingerprint density at radius 2 is 0.557 bits per heavy atom. The SMILES string of the molecule is CC/C=C\C/C=C\C/C=C\CCCCCCCC(=O)OC(COC(=O)CCCCCCC/C=C\CCCCCCCC)COC(=O)CCCCCCCCCCCCCCCCCCCCCCCC. The molecule has 6 nitrogen and oxygen atoms in total. The van der Waals surface area contributed by atoms with Gasteiger partial charge in [-0.15, -0.1) is 0 Å². The zero-order chi connectivity index (χ0) is 50.7. The topological polar surface area (TPSA) is 78.9 Å². The number of allylic oxidation sites excluding steroid dienone is 8. The van der Waals surface area contributed by atoms with Gasteiger partial charge in [0.15, 0.2) is 6.10 Å². The molecule has 0 aliphatic rings. The summed E-state index contributed by atoms with van der Waals surface area (Å²) in [7, 11) is 0. The van der Waals surface area contributed by atoms with Gasteiger partial charge in [-0.1, -0.05) is 275 Å². The van der Waals surface area contributed by atoms with Crippen molar-refractivity contribution in [3.63, 3.8) is 0 Å². The highest BCUT2D eigenvalue weighted by molar-refractivity contribution is 5.71. The fraction of sp³-hybridized carbons (Fsp3) is 0.828. The minimum absolute atomic E-state index is 0.0796. The van der Waals surface area contributed by atoms with Gasteiger partial charge in [0.2, 0.25) is 0 Å². The largest absolute Gasteiger partial charge is 0.462 e. The van der Waals surface area contributed by atoms with Gasteiger partial charge in [0, 0.05) is 19.3 Å². The Bertz CT molecular complexity index is 1220. The van der Waals surface area contributed by atoms with Crippen molar-refractivity contribution in [2.45, 2.75) is 329 Å². The molecule has 0 aliphatic heterocycles. The van der Waals surface area contributed by atoms with E-state index < -0.39 is 6.10 Å². The number of rotatable bonds is 56. The van der Waals surface area contributed by atoms with Gasteiger partial charge in [-0.2, -0.15) is 0 Å². The summed E-state index contributed by atoms with van der Waals surface area (Å²) >= 11 is 0. The van der Waals surface area contributed by atoms with Gasteiger partial charge >= 0.3 is 17.9 Å². The highest BCUT2D eigenvalue weighted by Crippen LogP contribution is 2.17. The lowest BCUT2D eigenvalue weighted by Crippen LogP contribution is -2.30. The van der Waals surface area contributed by atoms with Gasteiger partial charge < -0.3 is 14.2 Å². The first kappa shape index (κ1) is 67.4. The first-order valence-corrected chi connectivity index (χ1v) is 30.6. The molecule has 1 atom stereocenters. The van der Waals surface area contributed by atoms with Crippen LogP contribution in [0, 0.1) is 0 Å². The minimum Gasteiger partial charge on any atom is -0.462 e. The van der Waals surface area contributed by atoms with Gasteiger partial charge in [-0.05, 0) is 77.0 Å². The van der Waals surface area contributed by atoms with Crippen LogP contribution >= 0.6 is 0 Å². The molecule has 0 heterocycles. The summed E-state index contributed by atoms with van der Waals surface area (Å²) in [6.07, 6.45) is 72.6. The van der Waals surface area contributed by atoms with Crippen LogP contribution in [-0.2, 0) is 28.6 Å². The smallest absolute Gasteiger partial charge is 0.306 e. The summed E-state index contributed by atoms with van der Waals surface area (Å²) < 4.78 is 16.9. The highest BCUT2D eigenvalue weighted by Gasteiger charge is 2.19.